The van der Waals surface area contributed by atoms with Crippen LogP contribution in [0.3, 0.4) is 0 Å². The number of nitrogens with one attached hydrogen (secondary N) is 1. The molecule has 29 heavy (non-hydrogen) atoms. The van der Waals surface area contributed by atoms with Crippen LogP contribution in [0.1, 0.15) is 16.7 Å². The van der Waals surface area contributed by atoms with Gasteiger partial charge in [0.25, 0.3) is 5.91 Å². The molecule has 0 saturated carbocycles. The minimum absolute atomic E-state index is 0.232. The summed E-state index contributed by atoms with van der Waals surface area (Å²) in [5.74, 6) is -0.608. The third-order valence-corrected chi connectivity index (χ3v) is 5.20. The number of amides is 1. The molecule has 2 N–H and O–H groups in total. The maximum absolute atomic E-state index is 12.3. The lowest BCUT2D eigenvalue weighted by atomic mass is 10.1. The molecule has 0 bridgehead atoms. The second kappa shape index (κ2) is 8.83. The van der Waals surface area contributed by atoms with Gasteiger partial charge in [0.05, 0.1) is 17.7 Å². The molecule has 0 aromatic heterocycles. The van der Waals surface area contributed by atoms with Crippen molar-refractivity contribution < 1.29 is 24.2 Å². The molecule has 1 fully saturated rings. The fourth-order valence-corrected chi connectivity index (χ4v) is 3.47. The van der Waals surface area contributed by atoms with E-state index < -0.39 is 12.6 Å². The quantitative estimate of drug-likeness (QED) is 0.703. The predicted molar refractivity (Wildman–Crippen MR) is 113 cm³/mol. The van der Waals surface area contributed by atoms with Gasteiger partial charge in [-0.25, -0.2) is 9.79 Å². The van der Waals surface area contributed by atoms with Gasteiger partial charge in [0.15, 0.2) is 23.3 Å². The van der Waals surface area contributed by atoms with E-state index in [0.29, 0.717) is 21.6 Å². The molecule has 0 atom stereocenters. The Bertz CT molecular complexity index is 1030. The number of carbonyl (C=O) groups is 2. The summed E-state index contributed by atoms with van der Waals surface area (Å²) in [4.78, 5) is 28.1. The summed E-state index contributed by atoms with van der Waals surface area (Å²) in [5, 5.41) is 12.0. The van der Waals surface area contributed by atoms with Crippen molar-refractivity contribution in [2.75, 3.05) is 13.7 Å². The lowest BCUT2D eigenvalue weighted by Gasteiger charge is -2.09. The second-order valence-electron chi connectivity index (χ2n) is 6.29. The van der Waals surface area contributed by atoms with Crippen LogP contribution in [-0.2, 0) is 9.59 Å². The van der Waals surface area contributed by atoms with Gasteiger partial charge in [-0.1, -0.05) is 18.2 Å². The number of benzene rings is 2. The molecule has 2 aromatic rings. The average molecular weight is 412 g/mol. The first kappa shape index (κ1) is 20.5. The van der Waals surface area contributed by atoms with Gasteiger partial charge in [0.2, 0.25) is 0 Å². The van der Waals surface area contributed by atoms with E-state index >= 15 is 0 Å². The molecule has 7 nitrogen and oxygen atoms in total. The summed E-state index contributed by atoms with van der Waals surface area (Å²) in [6.45, 7) is 3.54. The number of carboxylic acid groups (broad SMARTS) is 1. The molecule has 1 amide bonds. The van der Waals surface area contributed by atoms with Gasteiger partial charge < -0.3 is 19.9 Å². The largest absolute Gasteiger partial charge is 0.493 e. The van der Waals surface area contributed by atoms with Crippen molar-refractivity contribution in [2.45, 2.75) is 13.8 Å². The molecule has 150 valence electrons. The molecule has 1 saturated heterocycles. The van der Waals surface area contributed by atoms with Crippen LogP contribution in [-0.4, -0.2) is 35.9 Å². The van der Waals surface area contributed by atoms with Crippen molar-refractivity contribution in [3.63, 3.8) is 0 Å². The molecule has 0 unspecified atom stereocenters. The monoisotopic (exact) mass is 412 g/mol. The SMILES string of the molecule is COc1cc(/C=C2\SC(=Nc3cccc(C)c3C)NC2=O)ccc1OCC(=O)O. The molecular formula is C21H20N2O5S. The molecule has 1 aliphatic heterocycles. The van der Waals surface area contributed by atoms with E-state index in [-0.39, 0.29) is 5.91 Å². The number of rotatable bonds is 6. The molecular weight excluding hydrogens is 392 g/mol. The maximum atomic E-state index is 12.3. The number of nitrogens with zero attached hydrogens (tertiary/aromatic N) is 1. The Morgan fingerprint density at radius 2 is 2.03 bits per heavy atom. The summed E-state index contributed by atoms with van der Waals surface area (Å²) in [6.07, 6.45) is 1.72. The van der Waals surface area contributed by atoms with Gasteiger partial charge in [-0.15, -0.1) is 0 Å². The van der Waals surface area contributed by atoms with Crippen LogP contribution < -0.4 is 14.8 Å². The number of thioether (sulfide) groups is 1. The van der Waals surface area contributed by atoms with E-state index in [1.54, 1.807) is 24.3 Å². The predicted octanol–water partition coefficient (Wildman–Crippen LogP) is 3.67. The minimum atomic E-state index is -1.08. The minimum Gasteiger partial charge on any atom is -0.493 e. The van der Waals surface area contributed by atoms with Gasteiger partial charge in [-0.2, -0.15) is 0 Å². The van der Waals surface area contributed by atoms with Crippen LogP contribution in [0.2, 0.25) is 0 Å². The van der Waals surface area contributed by atoms with Gasteiger partial charge in [0, 0.05) is 0 Å². The lowest BCUT2D eigenvalue weighted by Crippen LogP contribution is -2.19. The first-order valence-electron chi connectivity index (χ1n) is 8.76. The van der Waals surface area contributed by atoms with Crippen molar-refractivity contribution in [1.82, 2.24) is 5.32 Å². The number of hydrogen-bond donors (Lipinski definition) is 2. The fraction of sp³-hybridized carbons (Fsp3) is 0.190. The smallest absolute Gasteiger partial charge is 0.341 e. The molecule has 1 aliphatic rings. The number of aryl methyl sites for hydroxylation is 1. The van der Waals surface area contributed by atoms with Crippen LogP contribution in [0.25, 0.3) is 6.08 Å². The number of aliphatic carboxylic acids is 1. The highest BCUT2D eigenvalue weighted by Crippen LogP contribution is 2.32. The van der Waals surface area contributed by atoms with Crippen molar-refractivity contribution in [2.24, 2.45) is 4.99 Å². The maximum Gasteiger partial charge on any atom is 0.341 e. The summed E-state index contributed by atoms with van der Waals surface area (Å²) >= 11 is 1.26. The highest BCUT2D eigenvalue weighted by Gasteiger charge is 2.24. The number of hydrogen-bond acceptors (Lipinski definition) is 6. The molecule has 8 heteroatoms. The number of aliphatic imine (C=N–C) groups is 1. The van der Waals surface area contributed by atoms with Gasteiger partial charge in [0.1, 0.15) is 0 Å². The van der Waals surface area contributed by atoms with Crippen LogP contribution >= 0.6 is 11.8 Å². The molecule has 2 aromatic carbocycles. The van der Waals surface area contributed by atoms with Crippen molar-refractivity contribution in [3.05, 3.63) is 58.0 Å². The Morgan fingerprint density at radius 1 is 1.24 bits per heavy atom. The second-order valence-corrected chi connectivity index (χ2v) is 7.32. The van der Waals surface area contributed by atoms with Crippen molar-refractivity contribution in [1.29, 1.82) is 0 Å². The van der Waals surface area contributed by atoms with E-state index in [4.69, 9.17) is 14.6 Å². The first-order chi connectivity index (χ1) is 13.9. The normalized spacial score (nSPS) is 16.2. The van der Waals surface area contributed by atoms with Gasteiger partial charge >= 0.3 is 5.97 Å². The van der Waals surface area contributed by atoms with E-state index in [2.05, 4.69) is 10.3 Å². The zero-order valence-corrected chi connectivity index (χ0v) is 17.0. The number of amidine groups is 1. The molecule has 0 spiro atoms. The molecule has 0 aliphatic carbocycles. The standard InChI is InChI=1S/C21H20N2O5S/c1-12-5-4-6-15(13(12)2)22-21-23-20(26)18(29-21)10-14-7-8-16(17(9-14)27-3)28-11-19(24)25/h4-10H,11H2,1-3H3,(H,24,25)(H,22,23,26)/b18-10-. The number of carboxylic acids is 1. The Hall–Kier alpha value is -3.26. The highest BCUT2D eigenvalue weighted by molar-refractivity contribution is 8.18. The van der Waals surface area contributed by atoms with Crippen LogP contribution in [0.15, 0.2) is 46.3 Å². The Morgan fingerprint density at radius 3 is 2.76 bits per heavy atom. The van der Waals surface area contributed by atoms with Crippen LogP contribution in [0.4, 0.5) is 5.69 Å². The van der Waals surface area contributed by atoms with Crippen LogP contribution in [0, 0.1) is 13.8 Å². The summed E-state index contributed by atoms with van der Waals surface area (Å²) in [7, 11) is 1.46. The lowest BCUT2D eigenvalue weighted by molar-refractivity contribution is -0.139. The molecule has 0 radical (unpaired) electrons. The Kier molecular flexibility index (Phi) is 6.23. The van der Waals surface area contributed by atoms with E-state index in [0.717, 1.165) is 22.4 Å². The van der Waals surface area contributed by atoms with E-state index in [1.807, 2.05) is 32.0 Å². The summed E-state index contributed by atoms with van der Waals surface area (Å²) in [5.41, 5.74) is 3.73. The first-order valence-corrected chi connectivity index (χ1v) is 9.57. The molecule has 3 rings (SSSR count). The Labute approximate surface area is 172 Å². The summed E-state index contributed by atoms with van der Waals surface area (Å²) in [6, 6.07) is 10.9. The zero-order valence-electron chi connectivity index (χ0n) is 16.2. The van der Waals surface area contributed by atoms with Crippen molar-refractivity contribution >= 4 is 40.6 Å². The Balaban J connectivity index is 1.82. The van der Waals surface area contributed by atoms with Gasteiger partial charge in [-0.3, -0.25) is 4.79 Å². The van der Waals surface area contributed by atoms with Crippen LogP contribution in [0.5, 0.6) is 11.5 Å². The third-order valence-electron chi connectivity index (χ3n) is 4.29. The van der Waals surface area contributed by atoms with Gasteiger partial charge in [-0.05, 0) is 66.6 Å². The zero-order chi connectivity index (χ0) is 21.0. The third kappa shape index (κ3) is 4.97. The number of carbonyl (C=O) groups excluding carboxylic acids is 1. The highest BCUT2D eigenvalue weighted by atomic mass is 32.2. The van der Waals surface area contributed by atoms with E-state index in [9.17, 15) is 9.59 Å². The average Bonchev–Trinajstić information content (AvgIpc) is 3.03. The number of methoxy groups -OCH3 is 1. The molecule has 1 heterocycles. The van der Waals surface area contributed by atoms with E-state index in [1.165, 1.54) is 18.9 Å². The van der Waals surface area contributed by atoms with Crippen molar-refractivity contribution in [3.8, 4) is 11.5 Å². The fourth-order valence-electron chi connectivity index (χ4n) is 2.63. The topological polar surface area (TPSA) is 97.2 Å². The number of ether oxygens (including phenoxy) is 2. The summed E-state index contributed by atoms with van der Waals surface area (Å²) < 4.78 is 10.4.